The third-order valence-corrected chi connectivity index (χ3v) is 4.68. The molecule has 4 nitrogen and oxygen atoms in total. The molecule has 0 N–H and O–H groups in total. The Labute approximate surface area is 138 Å². The molecule has 0 unspecified atom stereocenters. The second kappa shape index (κ2) is 5.28. The van der Waals surface area contributed by atoms with E-state index in [1.165, 1.54) is 16.7 Å². The van der Waals surface area contributed by atoms with E-state index in [9.17, 15) is 0 Å². The van der Waals surface area contributed by atoms with Crippen molar-refractivity contribution in [2.24, 2.45) is 0 Å². The van der Waals surface area contributed by atoms with Crippen LogP contribution in [0.25, 0.3) is 26.9 Å². The van der Waals surface area contributed by atoms with Crippen molar-refractivity contribution in [3.63, 3.8) is 0 Å². The number of fused-ring (bicyclic) bond motifs is 1. The van der Waals surface area contributed by atoms with E-state index in [1.54, 1.807) is 11.3 Å². The van der Waals surface area contributed by atoms with Crippen LogP contribution in [0.5, 0.6) is 0 Å². The number of hydrogen-bond acceptors (Lipinski definition) is 4. The zero-order valence-corrected chi connectivity index (χ0v) is 14.1. The van der Waals surface area contributed by atoms with Gasteiger partial charge in [0.25, 0.3) is 0 Å². The molecule has 2 aromatic heterocycles. The highest BCUT2D eigenvalue weighted by molar-refractivity contribution is 7.19. The van der Waals surface area contributed by atoms with E-state index < -0.39 is 0 Å². The lowest BCUT2D eigenvalue weighted by Gasteiger charge is -2.01. The maximum absolute atomic E-state index is 4.74. The highest BCUT2D eigenvalue weighted by Crippen LogP contribution is 2.29. The summed E-state index contributed by atoms with van der Waals surface area (Å²) >= 11 is 1.57. The van der Waals surface area contributed by atoms with Gasteiger partial charge in [0.15, 0.2) is 5.82 Å². The summed E-state index contributed by atoms with van der Waals surface area (Å²) in [5, 5.41) is 14.3. The molecule has 4 aromatic rings. The molecule has 0 aliphatic rings. The van der Waals surface area contributed by atoms with Crippen LogP contribution in [0.3, 0.4) is 0 Å². The standard InChI is InChI=1S/C18H16N4S/c1-11-5-4-6-14(8-11)16-19-20-18-22(16)21-17(23-18)15-9-12(2)7-13(3)10-15/h4-10H,1-3H3. The first-order valence-corrected chi connectivity index (χ1v) is 8.30. The second-order valence-corrected chi connectivity index (χ2v) is 6.83. The average Bonchev–Trinajstić information content (AvgIpc) is 3.06. The summed E-state index contributed by atoms with van der Waals surface area (Å²) in [6, 6.07) is 14.7. The molecule has 2 aromatic carbocycles. The average molecular weight is 320 g/mol. The molecule has 0 fully saturated rings. The Morgan fingerprint density at radius 2 is 1.57 bits per heavy atom. The second-order valence-electron chi connectivity index (χ2n) is 5.87. The van der Waals surface area contributed by atoms with Crippen molar-refractivity contribution in [1.82, 2.24) is 19.8 Å². The number of benzene rings is 2. The molecule has 0 spiro atoms. The normalized spacial score (nSPS) is 11.3. The first-order valence-electron chi connectivity index (χ1n) is 7.48. The Hall–Kier alpha value is -2.53. The molecular weight excluding hydrogens is 304 g/mol. The zero-order chi connectivity index (χ0) is 16.0. The van der Waals surface area contributed by atoms with Crippen LogP contribution in [0, 0.1) is 20.8 Å². The first-order chi connectivity index (χ1) is 11.1. The van der Waals surface area contributed by atoms with Crippen LogP contribution in [0.1, 0.15) is 16.7 Å². The fourth-order valence-electron chi connectivity index (χ4n) is 2.80. The van der Waals surface area contributed by atoms with Crippen molar-refractivity contribution >= 4 is 16.3 Å². The van der Waals surface area contributed by atoms with Gasteiger partial charge in [-0.1, -0.05) is 52.3 Å². The van der Waals surface area contributed by atoms with Gasteiger partial charge in [0.05, 0.1) is 0 Å². The minimum Gasteiger partial charge on any atom is -0.182 e. The van der Waals surface area contributed by atoms with Gasteiger partial charge in [-0.3, -0.25) is 0 Å². The first kappa shape index (κ1) is 14.1. The van der Waals surface area contributed by atoms with Gasteiger partial charge in [-0.05, 0) is 39.0 Å². The van der Waals surface area contributed by atoms with E-state index in [2.05, 4.69) is 61.3 Å². The van der Waals surface area contributed by atoms with Gasteiger partial charge in [-0.2, -0.15) is 9.61 Å². The lowest BCUT2D eigenvalue weighted by Crippen LogP contribution is -1.91. The summed E-state index contributed by atoms with van der Waals surface area (Å²) in [7, 11) is 0. The van der Waals surface area contributed by atoms with Gasteiger partial charge >= 0.3 is 0 Å². The Morgan fingerprint density at radius 3 is 2.30 bits per heavy atom. The third kappa shape index (κ3) is 2.53. The van der Waals surface area contributed by atoms with Crippen LogP contribution in [0.2, 0.25) is 0 Å². The summed E-state index contributed by atoms with van der Waals surface area (Å²) < 4.78 is 1.84. The van der Waals surface area contributed by atoms with Crippen LogP contribution < -0.4 is 0 Å². The van der Waals surface area contributed by atoms with E-state index in [0.717, 1.165) is 26.9 Å². The van der Waals surface area contributed by atoms with Crippen molar-refractivity contribution in [3.05, 3.63) is 59.2 Å². The summed E-state index contributed by atoms with van der Waals surface area (Å²) in [5.41, 5.74) is 5.85. The van der Waals surface area contributed by atoms with Crippen molar-refractivity contribution < 1.29 is 0 Å². The molecule has 2 heterocycles. The van der Waals surface area contributed by atoms with Crippen molar-refractivity contribution in [2.45, 2.75) is 20.8 Å². The molecule has 0 bridgehead atoms. The van der Waals surface area contributed by atoms with Gasteiger partial charge in [-0.25, -0.2) is 0 Å². The highest BCUT2D eigenvalue weighted by Gasteiger charge is 2.14. The maximum atomic E-state index is 4.74. The summed E-state index contributed by atoms with van der Waals surface area (Å²) in [6.45, 7) is 6.29. The lowest BCUT2D eigenvalue weighted by atomic mass is 10.1. The van der Waals surface area contributed by atoms with Crippen molar-refractivity contribution in [1.29, 1.82) is 0 Å². The number of rotatable bonds is 2. The number of nitrogens with zero attached hydrogens (tertiary/aromatic N) is 4. The summed E-state index contributed by atoms with van der Waals surface area (Å²) in [4.78, 5) is 0.815. The van der Waals surface area contributed by atoms with E-state index in [4.69, 9.17) is 5.10 Å². The molecule has 0 saturated carbocycles. The molecule has 23 heavy (non-hydrogen) atoms. The fourth-order valence-corrected chi connectivity index (χ4v) is 3.62. The van der Waals surface area contributed by atoms with Crippen molar-refractivity contribution in [2.75, 3.05) is 0 Å². The minimum atomic E-state index is 0.788. The summed E-state index contributed by atoms with van der Waals surface area (Å²) in [6.07, 6.45) is 0. The van der Waals surface area contributed by atoms with Crippen LogP contribution in [0.4, 0.5) is 0 Å². The van der Waals surface area contributed by atoms with Crippen molar-refractivity contribution in [3.8, 4) is 22.0 Å². The Balaban J connectivity index is 1.86. The monoisotopic (exact) mass is 320 g/mol. The molecular formula is C18H16N4S. The predicted molar refractivity (Wildman–Crippen MR) is 93.7 cm³/mol. The Morgan fingerprint density at radius 1 is 0.826 bits per heavy atom. The molecule has 5 heteroatoms. The molecule has 0 radical (unpaired) electrons. The Bertz CT molecular complexity index is 993. The molecule has 4 rings (SSSR count). The van der Waals surface area contributed by atoms with E-state index in [-0.39, 0.29) is 0 Å². The van der Waals surface area contributed by atoms with Crippen LogP contribution >= 0.6 is 11.3 Å². The van der Waals surface area contributed by atoms with Gasteiger partial charge in [0.1, 0.15) is 5.01 Å². The van der Waals surface area contributed by atoms with E-state index >= 15 is 0 Å². The Kier molecular flexibility index (Phi) is 3.23. The smallest absolute Gasteiger partial charge is 0.182 e. The van der Waals surface area contributed by atoms with Gasteiger partial charge in [0, 0.05) is 11.1 Å². The quantitative estimate of drug-likeness (QED) is 0.548. The molecule has 0 amide bonds. The van der Waals surface area contributed by atoms with Crippen LogP contribution in [-0.2, 0) is 0 Å². The van der Waals surface area contributed by atoms with E-state index in [1.807, 2.05) is 16.6 Å². The predicted octanol–water partition coefficient (Wildman–Crippen LogP) is 4.45. The van der Waals surface area contributed by atoms with Crippen LogP contribution in [0.15, 0.2) is 42.5 Å². The third-order valence-electron chi connectivity index (χ3n) is 3.74. The van der Waals surface area contributed by atoms with Gasteiger partial charge < -0.3 is 0 Å². The molecule has 0 aliphatic carbocycles. The number of aryl methyl sites for hydroxylation is 3. The summed E-state index contributed by atoms with van der Waals surface area (Å²) in [5.74, 6) is 0.788. The molecule has 0 aliphatic heterocycles. The SMILES string of the molecule is Cc1cc(C)cc(-c2nn3c(-c4cccc(C)c4)nnc3s2)c1. The maximum Gasteiger partial charge on any atom is 0.235 e. The number of hydrogen-bond donors (Lipinski definition) is 0. The molecule has 114 valence electrons. The largest absolute Gasteiger partial charge is 0.235 e. The van der Waals surface area contributed by atoms with Crippen LogP contribution in [-0.4, -0.2) is 19.8 Å². The van der Waals surface area contributed by atoms with E-state index in [0.29, 0.717) is 0 Å². The highest BCUT2D eigenvalue weighted by atomic mass is 32.1. The topological polar surface area (TPSA) is 43.1 Å². The molecule has 0 saturated heterocycles. The fraction of sp³-hybridized carbons (Fsp3) is 0.167. The number of aromatic nitrogens is 4. The zero-order valence-electron chi connectivity index (χ0n) is 13.2. The minimum absolute atomic E-state index is 0.788. The van der Waals surface area contributed by atoms with Gasteiger partial charge in [-0.15, -0.1) is 10.2 Å². The lowest BCUT2D eigenvalue weighted by molar-refractivity contribution is 0.970. The molecule has 0 atom stereocenters. The van der Waals surface area contributed by atoms with Gasteiger partial charge in [0.2, 0.25) is 4.96 Å².